The summed E-state index contributed by atoms with van der Waals surface area (Å²) in [5.74, 6) is 1.60. The largest absolute Gasteiger partial charge is 0.456 e. The molecular weight excluding hydrogens is 693 g/mol. The first-order valence-corrected chi connectivity index (χ1v) is 19.3. The first-order chi connectivity index (χ1) is 28.2. The summed E-state index contributed by atoms with van der Waals surface area (Å²) in [6, 6.07) is 66.9. The second-order valence-electron chi connectivity index (χ2n) is 14.9. The van der Waals surface area contributed by atoms with Gasteiger partial charge in [0.05, 0.1) is 23.0 Å². The van der Waals surface area contributed by atoms with Crippen LogP contribution in [0.5, 0.6) is 11.5 Å². The molecule has 57 heavy (non-hydrogen) atoms. The molecular formula is C54H30N2O. The van der Waals surface area contributed by atoms with Crippen LogP contribution in [0.15, 0.2) is 182 Å². The maximum atomic E-state index is 9.76. The van der Waals surface area contributed by atoms with Crippen LogP contribution in [0.1, 0.15) is 5.56 Å². The molecule has 0 aliphatic carbocycles. The topological polar surface area (TPSA) is 45.9 Å². The van der Waals surface area contributed by atoms with Gasteiger partial charge in [-0.15, -0.1) is 0 Å². The Kier molecular flexibility index (Phi) is 6.70. The lowest BCUT2D eigenvalue weighted by molar-refractivity contribution is 0.487. The fraction of sp³-hybridized carbons (Fsp3) is 0. The number of nitriles is 1. The molecule has 0 N–H and O–H groups in total. The van der Waals surface area contributed by atoms with E-state index < -0.39 is 0 Å². The van der Waals surface area contributed by atoms with E-state index in [1.54, 1.807) is 0 Å². The third kappa shape index (κ3) is 4.68. The van der Waals surface area contributed by atoms with Crippen LogP contribution in [0.25, 0.3) is 110 Å². The molecule has 0 radical (unpaired) electrons. The number of pyridine rings is 1. The molecule has 0 unspecified atom stereocenters. The van der Waals surface area contributed by atoms with Crippen molar-refractivity contribution in [3.63, 3.8) is 0 Å². The quantitative estimate of drug-likeness (QED) is 0.170. The number of ether oxygens (including phenoxy) is 1. The van der Waals surface area contributed by atoms with Gasteiger partial charge in [-0.05, 0) is 107 Å². The Bertz CT molecular complexity index is 3500. The molecule has 0 saturated heterocycles. The number of nitrogens with zero attached hydrogens (tertiary/aromatic N) is 2. The summed E-state index contributed by atoms with van der Waals surface area (Å²) in [5, 5.41) is 21.5. The lowest BCUT2D eigenvalue weighted by Crippen LogP contribution is -1.98. The normalized spacial score (nSPS) is 12.0. The maximum Gasteiger partial charge on any atom is 0.135 e. The predicted molar refractivity (Wildman–Crippen MR) is 235 cm³/mol. The summed E-state index contributed by atoms with van der Waals surface area (Å²) in [5.41, 5.74) is 11.6. The Balaban J connectivity index is 1.00. The predicted octanol–water partition coefficient (Wildman–Crippen LogP) is 14.6. The number of hydrogen-bond donors (Lipinski definition) is 0. The lowest BCUT2D eigenvalue weighted by atomic mass is 9.85. The van der Waals surface area contributed by atoms with Gasteiger partial charge in [-0.2, -0.15) is 5.26 Å². The smallest absolute Gasteiger partial charge is 0.135 e. The summed E-state index contributed by atoms with van der Waals surface area (Å²) < 4.78 is 6.57. The van der Waals surface area contributed by atoms with Crippen molar-refractivity contribution in [3.05, 3.63) is 188 Å². The Morgan fingerprint density at radius 1 is 0.368 bits per heavy atom. The van der Waals surface area contributed by atoms with Crippen LogP contribution >= 0.6 is 0 Å². The fourth-order valence-electron chi connectivity index (χ4n) is 9.29. The minimum absolute atomic E-state index is 0.655. The minimum Gasteiger partial charge on any atom is -0.456 e. The Morgan fingerprint density at radius 2 is 0.965 bits per heavy atom. The molecule has 1 aromatic heterocycles. The monoisotopic (exact) mass is 722 g/mol. The van der Waals surface area contributed by atoms with E-state index in [9.17, 15) is 5.26 Å². The fourth-order valence-corrected chi connectivity index (χ4v) is 9.29. The summed E-state index contributed by atoms with van der Waals surface area (Å²) in [6.45, 7) is 0. The molecule has 0 atom stereocenters. The van der Waals surface area contributed by atoms with Crippen LogP contribution in [0.4, 0.5) is 0 Å². The highest BCUT2D eigenvalue weighted by Crippen LogP contribution is 2.49. The van der Waals surface area contributed by atoms with Crippen molar-refractivity contribution < 1.29 is 4.74 Å². The van der Waals surface area contributed by atoms with Crippen LogP contribution in [-0.4, -0.2) is 4.98 Å². The van der Waals surface area contributed by atoms with E-state index in [0.29, 0.717) is 5.56 Å². The summed E-state index contributed by atoms with van der Waals surface area (Å²) in [4.78, 5) is 5.16. The zero-order valence-electron chi connectivity index (χ0n) is 30.6. The molecule has 1 aliphatic heterocycles. The van der Waals surface area contributed by atoms with E-state index in [-0.39, 0.29) is 0 Å². The van der Waals surface area contributed by atoms with E-state index in [1.807, 2.05) is 36.4 Å². The molecule has 2 heterocycles. The molecule has 0 bridgehead atoms. The third-order valence-corrected chi connectivity index (χ3v) is 11.9. The summed E-state index contributed by atoms with van der Waals surface area (Å²) in [7, 11) is 0. The van der Waals surface area contributed by atoms with E-state index in [4.69, 9.17) is 9.72 Å². The molecule has 262 valence electrons. The maximum absolute atomic E-state index is 9.76. The van der Waals surface area contributed by atoms with Crippen molar-refractivity contribution in [2.24, 2.45) is 0 Å². The van der Waals surface area contributed by atoms with Crippen molar-refractivity contribution >= 4 is 53.9 Å². The lowest BCUT2D eigenvalue weighted by Gasteiger charge is -2.22. The average molecular weight is 723 g/mol. The molecule has 3 nitrogen and oxygen atoms in total. The van der Waals surface area contributed by atoms with Gasteiger partial charge in [0, 0.05) is 27.5 Å². The Labute approximate surface area is 328 Å². The summed E-state index contributed by atoms with van der Waals surface area (Å²) >= 11 is 0. The highest BCUT2D eigenvalue weighted by Gasteiger charge is 2.23. The first-order valence-electron chi connectivity index (χ1n) is 19.3. The summed E-state index contributed by atoms with van der Waals surface area (Å²) in [6.07, 6.45) is 0. The Morgan fingerprint density at radius 3 is 1.77 bits per heavy atom. The van der Waals surface area contributed by atoms with Crippen LogP contribution in [0.2, 0.25) is 0 Å². The van der Waals surface area contributed by atoms with Gasteiger partial charge in [0.2, 0.25) is 0 Å². The number of benzene rings is 10. The van der Waals surface area contributed by atoms with E-state index in [1.165, 1.54) is 54.2 Å². The standard InChI is InChI=1S/C54H30N2O/c55-31-36-21-27-47-44-24-20-35(30-51(44)57-50-15-6-12-38(36)54(47)50)37-28-29-41(40-11-5-4-10-39(37)40)42-22-16-33-19-26-46-43(23-17-34-18-25-45(42)52(33)53(34)46)49-14-7-13-48(56-49)32-8-2-1-3-9-32/h1-30H. The number of hydrogen-bond acceptors (Lipinski definition) is 3. The average Bonchev–Trinajstić information content (AvgIpc) is 3.28. The van der Waals surface area contributed by atoms with Crippen molar-refractivity contribution in [3.8, 4) is 73.5 Å². The van der Waals surface area contributed by atoms with Crippen LogP contribution in [-0.2, 0) is 0 Å². The van der Waals surface area contributed by atoms with Crippen LogP contribution in [0, 0.1) is 11.3 Å². The molecule has 10 aromatic carbocycles. The molecule has 11 aromatic rings. The zero-order chi connectivity index (χ0) is 37.6. The van der Waals surface area contributed by atoms with Gasteiger partial charge in [0.1, 0.15) is 11.5 Å². The Hall–Kier alpha value is -7.80. The molecule has 0 spiro atoms. The van der Waals surface area contributed by atoms with E-state index in [0.717, 1.165) is 67.0 Å². The van der Waals surface area contributed by atoms with Gasteiger partial charge < -0.3 is 4.74 Å². The molecule has 0 fully saturated rings. The number of rotatable bonds is 4. The van der Waals surface area contributed by atoms with Crippen molar-refractivity contribution in [2.45, 2.75) is 0 Å². The second kappa shape index (κ2) is 12.1. The molecule has 1 aliphatic rings. The molecule has 0 saturated carbocycles. The second-order valence-corrected chi connectivity index (χ2v) is 14.9. The van der Waals surface area contributed by atoms with E-state index in [2.05, 4.69) is 152 Å². The van der Waals surface area contributed by atoms with Crippen molar-refractivity contribution in [2.75, 3.05) is 0 Å². The SMILES string of the molecule is N#Cc1ccc2c3c(cccc13)Oc1cc(-c3ccc(-c4ccc5ccc6c(-c7cccc(-c8ccccc8)n7)ccc7ccc4c5c76)c4ccccc34)ccc1-2. The van der Waals surface area contributed by atoms with Gasteiger partial charge >= 0.3 is 0 Å². The molecule has 0 amide bonds. The third-order valence-electron chi connectivity index (χ3n) is 11.9. The highest BCUT2D eigenvalue weighted by atomic mass is 16.5. The number of fused-ring (bicyclic) bond motifs is 3. The molecule has 12 rings (SSSR count). The highest BCUT2D eigenvalue weighted by molar-refractivity contribution is 6.28. The van der Waals surface area contributed by atoms with Gasteiger partial charge in [-0.25, -0.2) is 4.98 Å². The van der Waals surface area contributed by atoms with E-state index >= 15 is 0 Å². The van der Waals surface area contributed by atoms with Crippen LogP contribution in [0.3, 0.4) is 0 Å². The van der Waals surface area contributed by atoms with Gasteiger partial charge in [-0.3, -0.25) is 0 Å². The minimum atomic E-state index is 0.655. The van der Waals surface area contributed by atoms with Crippen LogP contribution < -0.4 is 4.74 Å². The van der Waals surface area contributed by atoms with Crippen molar-refractivity contribution in [1.29, 1.82) is 5.26 Å². The van der Waals surface area contributed by atoms with Crippen molar-refractivity contribution in [1.82, 2.24) is 4.98 Å². The first kappa shape index (κ1) is 31.5. The van der Waals surface area contributed by atoms with Gasteiger partial charge in [-0.1, -0.05) is 146 Å². The zero-order valence-corrected chi connectivity index (χ0v) is 30.6. The number of aromatic nitrogens is 1. The molecule has 3 heteroatoms. The van der Waals surface area contributed by atoms with Gasteiger partial charge in [0.25, 0.3) is 0 Å². The van der Waals surface area contributed by atoms with Gasteiger partial charge in [0.15, 0.2) is 0 Å².